The van der Waals surface area contributed by atoms with Gasteiger partial charge in [-0.2, -0.15) is 0 Å². The van der Waals surface area contributed by atoms with Crippen molar-refractivity contribution in [3.8, 4) is 0 Å². The van der Waals surface area contributed by atoms with Gasteiger partial charge in [-0.25, -0.2) is 9.97 Å². The summed E-state index contributed by atoms with van der Waals surface area (Å²) in [6, 6.07) is 5.93. The lowest BCUT2D eigenvalue weighted by atomic mass is 10.1. The molecule has 0 aliphatic carbocycles. The molecule has 0 atom stereocenters. The largest absolute Gasteiger partial charge is 0.442 e. The lowest BCUT2D eigenvalue weighted by Gasteiger charge is -2.28. The minimum Gasteiger partial charge on any atom is -0.442 e. The molecular formula is C20H22N4O3. The summed E-state index contributed by atoms with van der Waals surface area (Å²) in [5.74, 6) is 1.02. The SMILES string of the molecule is Cc1ccc(NC(=O)c2c(C)oc3ncnc(N4CCOCC4)c23)c(C)c1. The Morgan fingerprint density at radius 1 is 1.15 bits per heavy atom. The molecular weight excluding hydrogens is 344 g/mol. The Hall–Kier alpha value is -2.93. The number of carbonyl (C=O) groups is 1. The van der Waals surface area contributed by atoms with Crippen LogP contribution in [0.3, 0.4) is 0 Å². The summed E-state index contributed by atoms with van der Waals surface area (Å²) in [5.41, 5.74) is 3.85. The molecule has 0 saturated carbocycles. The first-order chi connectivity index (χ1) is 13.0. The highest BCUT2D eigenvalue weighted by Gasteiger charge is 2.26. The molecule has 0 radical (unpaired) electrons. The Balaban J connectivity index is 1.76. The van der Waals surface area contributed by atoms with Crippen molar-refractivity contribution in [3.63, 3.8) is 0 Å². The number of carbonyl (C=O) groups excluding carboxylic acids is 1. The minimum atomic E-state index is -0.220. The van der Waals surface area contributed by atoms with Gasteiger partial charge in [0.25, 0.3) is 5.91 Å². The number of fused-ring (bicyclic) bond motifs is 1. The number of morpholine rings is 1. The van der Waals surface area contributed by atoms with Crippen molar-refractivity contribution in [2.24, 2.45) is 0 Å². The number of rotatable bonds is 3. The van der Waals surface area contributed by atoms with Crippen LogP contribution in [-0.2, 0) is 4.74 Å². The Morgan fingerprint density at radius 3 is 2.67 bits per heavy atom. The fourth-order valence-corrected chi connectivity index (χ4v) is 3.46. The number of aryl methyl sites for hydroxylation is 3. The molecule has 2 aromatic heterocycles. The topological polar surface area (TPSA) is 80.5 Å². The van der Waals surface area contributed by atoms with E-state index in [0.29, 0.717) is 54.5 Å². The number of hydrogen-bond acceptors (Lipinski definition) is 6. The molecule has 7 heteroatoms. The van der Waals surface area contributed by atoms with Crippen LogP contribution in [0.1, 0.15) is 27.2 Å². The monoisotopic (exact) mass is 366 g/mol. The van der Waals surface area contributed by atoms with Gasteiger partial charge in [-0.05, 0) is 32.4 Å². The maximum absolute atomic E-state index is 13.1. The Labute approximate surface area is 157 Å². The number of furan rings is 1. The molecule has 3 heterocycles. The standard InChI is InChI=1S/C20H22N4O3/c1-12-4-5-15(13(2)10-12)23-19(25)16-14(3)27-20-17(16)18(21-11-22-20)24-6-8-26-9-7-24/h4-5,10-11H,6-9H2,1-3H3,(H,23,25). The van der Waals surface area contributed by atoms with Gasteiger partial charge in [-0.3, -0.25) is 4.79 Å². The smallest absolute Gasteiger partial charge is 0.260 e. The molecule has 27 heavy (non-hydrogen) atoms. The van der Waals surface area contributed by atoms with Gasteiger partial charge in [0.15, 0.2) is 0 Å². The molecule has 0 spiro atoms. The summed E-state index contributed by atoms with van der Waals surface area (Å²) in [7, 11) is 0. The van der Waals surface area contributed by atoms with Crippen LogP contribution >= 0.6 is 0 Å². The third kappa shape index (κ3) is 3.26. The average Bonchev–Trinajstić information content (AvgIpc) is 3.00. The van der Waals surface area contributed by atoms with Gasteiger partial charge in [0.05, 0.1) is 24.2 Å². The highest BCUT2D eigenvalue weighted by Crippen LogP contribution is 2.32. The third-order valence-corrected chi connectivity index (χ3v) is 4.81. The van der Waals surface area contributed by atoms with Crippen LogP contribution in [0, 0.1) is 20.8 Å². The van der Waals surface area contributed by atoms with Crippen LogP contribution in [0.25, 0.3) is 11.1 Å². The summed E-state index contributed by atoms with van der Waals surface area (Å²) in [6.07, 6.45) is 1.47. The molecule has 140 valence electrons. The second-order valence-corrected chi connectivity index (χ2v) is 6.78. The van der Waals surface area contributed by atoms with Crippen molar-refractivity contribution in [3.05, 3.63) is 47.0 Å². The van der Waals surface area contributed by atoms with E-state index in [1.165, 1.54) is 6.33 Å². The lowest BCUT2D eigenvalue weighted by Crippen LogP contribution is -2.37. The molecule has 3 aromatic rings. The van der Waals surface area contributed by atoms with Crippen molar-refractivity contribution in [1.29, 1.82) is 0 Å². The van der Waals surface area contributed by atoms with Gasteiger partial charge in [0, 0.05) is 18.8 Å². The van der Waals surface area contributed by atoms with Crippen LogP contribution in [0.15, 0.2) is 28.9 Å². The van der Waals surface area contributed by atoms with E-state index in [9.17, 15) is 4.79 Å². The van der Waals surface area contributed by atoms with E-state index in [4.69, 9.17) is 9.15 Å². The first-order valence-corrected chi connectivity index (χ1v) is 9.00. The van der Waals surface area contributed by atoms with Gasteiger partial charge in [-0.15, -0.1) is 0 Å². The fourth-order valence-electron chi connectivity index (χ4n) is 3.46. The Morgan fingerprint density at radius 2 is 1.93 bits per heavy atom. The summed E-state index contributed by atoms with van der Waals surface area (Å²) in [6.45, 7) is 8.48. The summed E-state index contributed by atoms with van der Waals surface area (Å²) < 4.78 is 11.2. The average molecular weight is 366 g/mol. The number of nitrogens with one attached hydrogen (secondary N) is 1. The third-order valence-electron chi connectivity index (χ3n) is 4.81. The first kappa shape index (κ1) is 17.5. The van der Waals surface area contributed by atoms with E-state index in [2.05, 4.69) is 20.2 Å². The van der Waals surface area contributed by atoms with Crippen molar-refractivity contribution in [2.75, 3.05) is 36.5 Å². The predicted molar refractivity (Wildman–Crippen MR) is 103 cm³/mol. The molecule has 1 aliphatic rings. The highest BCUT2D eigenvalue weighted by atomic mass is 16.5. The first-order valence-electron chi connectivity index (χ1n) is 9.00. The molecule has 1 aliphatic heterocycles. The maximum atomic E-state index is 13.1. The quantitative estimate of drug-likeness (QED) is 0.766. The fraction of sp³-hybridized carbons (Fsp3) is 0.350. The zero-order chi connectivity index (χ0) is 19.0. The number of benzene rings is 1. The predicted octanol–water partition coefficient (Wildman–Crippen LogP) is 3.24. The van der Waals surface area contributed by atoms with Gasteiger partial charge in [0.1, 0.15) is 17.9 Å². The maximum Gasteiger partial charge on any atom is 0.260 e. The number of ether oxygens (including phenoxy) is 1. The number of amides is 1. The number of nitrogens with zero attached hydrogens (tertiary/aromatic N) is 3. The van der Waals surface area contributed by atoms with Crippen LogP contribution in [-0.4, -0.2) is 42.2 Å². The van der Waals surface area contributed by atoms with Gasteiger partial charge >= 0.3 is 0 Å². The zero-order valence-electron chi connectivity index (χ0n) is 15.7. The summed E-state index contributed by atoms with van der Waals surface area (Å²) in [4.78, 5) is 23.9. The Bertz CT molecular complexity index is 1010. The Kier molecular flexibility index (Phi) is 4.53. The van der Waals surface area contributed by atoms with Gasteiger partial charge < -0.3 is 19.4 Å². The number of hydrogen-bond donors (Lipinski definition) is 1. The second kappa shape index (κ2) is 7.00. The zero-order valence-corrected chi connectivity index (χ0v) is 15.7. The van der Waals surface area contributed by atoms with E-state index in [1.54, 1.807) is 6.92 Å². The van der Waals surface area contributed by atoms with Crippen molar-refractivity contribution < 1.29 is 13.9 Å². The van der Waals surface area contributed by atoms with Crippen LogP contribution < -0.4 is 10.2 Å². The van der Waals surface area contributed by atoms with Crippen LogP contribution in [0.5, 0.6) is 0 Å². The van der Waals surface area contributed by atoms with Crippen molar-refractivity contribution >= 4 is 28.5 Å². The van der Waals surface area contributed by atoms with E-state index in [1.807, 2.05) is 32.0 Å². The molecule has 0 bridgehead atoms. The van der Waals surface area contributed by atoms with Gasteiger partial charge in [0.2, 0.25) is 5.71 Å². The highest BCUT2D eigenvalue weighted by molar-refractivity contribution is 6.15. The molecule has 4 rings (SSSR count). The second-order valence-electron chi connectivity index (χ2n) is 6.78. The van der Waals surface area contributed by atoms with Crippen molar-refractivity contribution in [2.45, 2.75) is 20.8 Å². The molecule has 1 fully saturated rings. The summed E-state index contributed by atoms with van der Waals surface area (Å²) >= 11 is 0. The van der Waals surface area contributed by atoms with E-state index < -0.39 is 0 Å². The van der Waals surface area contributed by atoms with Crippen LogP contribution in [0.4, 0.5) is 11.5 Å². The summed E-state index contributed by atoms with van der Waals surface area (Å²) in [5, 5.41) is 3.66. The van der Waals surface area contributed by atoms with E-state index in [0.717, 1.165) is 16.8 Å². The molecule has 1 saturated heterocycles. The number of aromatic nitrogens is 2. The minimum absolute atomic E-state index is 0.220. The molecule has 0 unspecified atom stereocenters. The molecule has 7 nitrogen and oxygen atoms in total. The number of anilines is 2. The molecule has 1 aromatic carbocycles. The van der Waals surface area contributed by atoms with Crippen molar-refractivity contribution in [1.82, 2.24) is 9.97 Å². The molecule has 1 N–H and O–H groups in total. The normalized spacial score (nSPS) is 14.6. The lowest BCUT2D eigenvalue weighted by molar-refractivity contribution is 0.102. The van der Waals surface area contributed by atoms with Crippen LogP contribution in [0.2, 0.25) is 0 Å². The van der Waals surface area contributed by atoms with E-state index in [-0.39, 0.29) is 5.91 Å². The molecule has 1 amide bonds. The van der Waals surface area contributed by atoms with Gasteiger partial charge in [-0.1, -0.05) is 17.7 Å². The van der Waals surface area contributed by atoms with E-state index >= 15 is 0 Å².